The Morgan fingerprint density at radius 2 is 2.00 bits per heavy atom. The van der Waals surface area contributed by atoms with Crippen molar-refractivity contribution < 1.29 is 9.53 Å². The molecule has 0 atom stereocenters. The van der Waals surface area contributed by atoms with Gasteiger partial charge in [0.05, 0.1) is 19.0 Å². The van der Waals surface area contributed by atoms with Crippen LogP contribution < -0.4 is 15.6 Å². The van der Waals surface area contributed by atoms with Crippen molar-refractivity contribution >= 4 is 27.5 Å². The Morgan fingerprint density at radius 3 is 2.62 bits per heavy atom. The molecule has 1 amide bonds. The number of hydrogen-bond acceptors (Lipinski definition) is 5. The van der Waals surface area contributed by atoms with Gasteiger partial charge in [0.2, 0.25) is 0 Å². The first-order chi connectivity index (χ1) is 12.4. The Balaban J connectivity index is 1.87. The average Bonchev–Trinajstić information content (AvgIpc) is 2.97. The summed E-state index contributed by atoms with van der Waals surface area (Å²) < 4.78 is 7.23. The fourth-order valence-corrected chi connectivity index (χ4v) is 3.78. The Bertz CT molecular complexity index is 1000. The molecule has 0 bridgehead atoms. The average molecular weight is 371 g/mol. The first-order valence-electron chi connectivity index (χ1n) is 8.33. The zero-order valence-corrected chi connectivity index (χ0v) is 16.0. The number of fused-ring (bicyclic) bond motifs is 1. The molecule has 1 aromatic carbocycles. The van der Waals surface area contributed by atoms with Crippen LogP contribution in [0.1, 0.15) is 40.7 Å². The molecule has 0 aliphatic rings. The predicted octanol–water partition coefficient (Wildman–Crippen LogP) is 3.29. The summed E-state index contributed by atoms with van der Waals surface area (Å²) in [6.45, 7) is 6.09. The van der Waals surface area contributed by atoms with Gasteiger partial charge in [-0.3, -0.25) is 14.2 Å². The van der Waals surface area contributed by atoms with Crippen molar-refractivity contribution in [2.45, 2.75) is 33.4 Å². The molecule has 0 saturated heterocycles. The molecule has 136 valence electrons. The normalized spacial score (nSPS) is 11.1. The smallest absolute Gasteiger partial charge is 0.271 e. The van der Waals surface area contributed by atoms with Crippen LogP contribution in [0.5, 0.6) is 5.75 Å². The molecule has 7 heteroatoms. The van der Waals surface area contributed by atoms with E-state index in [9.17, 15) is 9.59 Å². The first-order valence-corrected chi connectivity index (χ1v) is 9.15. The maximum atomic E-state index is 12.7. The minimum Gasteiger partial charge on any atom is -0.497 e. The monoisotopic (exact) mass is 371 g/mol. The van der Waals surface area contributed by atoms with Crippen molar-refractivity contribution in [3.05, 3.63) is 57.0 Å². The summed E-state index contributed by atoms with van der Waals surface area (Å²) in [5, 5.41) is 2.91. The summed E-state index contributed by atoms with van der Waals surface area (Å²) in [5.74, 6) is 0.546. The molecule has 0 radical (unpaired) electrons. The zero-order chi connectivity index (χ0) is 18.8. The van der Waals surface area contributed by atoms with Crippen LogP contribution in [0, 0.1) is 6.92 Å². The Hall–Kier alpha value is -2.67. The summed E-state index contributed by atoms with van der Waals surface area (Å²) in [6.07, 6.45) is 1.52. The van der Waals surface area contributed by atoms with E-state index in [0.29, 0.717) is 22.3 Å². The van der Waals surface area contributed by atoms with E-state index in [1.165, 1.54) is 17.7 Å². The minimum absolute atomic E-state index is 0.0224. The van der Waals surface area contributed by atoms with E-state index < -0.39 is 0 Å². The van der Waals surface area contributed by atoms with Crippen LogP contribution in [0.4, 0.5) is 0 Å². The molecule has 3 aromatic rings. The number of carbonyl (C=O) groups excluding carboxylic acids is 1. The number of ether oxygens (including phenoxy) is 1. The number of aryl methyl sites for hydroxylation is 1. The maximum absolute atomic E-state index is 12.7. The molecule has 0 fully saturated rings. The van der Waals surface area contributed by atoms with Gasteiger partial charge in [-0.15, -0.1) is 11.3 Å². The fourth-order valence-electron chi connectivity index (χ4n) is 2.74. The van der Waals surface area contributed by atoms with Crippen LogP contribution in [-0.2, 0) is 6.54 Å². The van der Waals surface area contributed by atoms with E-state index in [0.717, 1.165) is 16.2 Å². The van der Waals surface area contributed by atoms with Crippen LogP contribution in [-0.4, -0.2) is 22.6 Å². The number of aromatic nitrogens is 2. The summed E-state index contributed by atoms with van der Waals surface area (Å²) in [5.41, 5.74) is 1.81. The number of nitrogens with zero attached hydrogens (tertiary/aromatic N) is 2. The first kappa shape index (κ1) is 18.1. The van der Waals surface area contributed by atoms with Gasteiger partial charge in [-0.05, 0) is 38.5 Å². The number of rotatable bonds is 5. The molecule has 1 N–H and O–H groups in total. The van der Waals surface area contributed by atoms with Gasteiger partial charge in [0.1, 0.15) is 16.0 Å². The Morgan fingerprint density at radius 1 is 1.31 bits per heavy atom. The third-order valence-electron chi connectivity index (χ3n) is 4.19. The second-order valence-electron chi connectivity index (χ2n) is 6.29. The van der Waals surface area contributed by atoms with Crippen molar-refractivity contribution in [2.24, 2.45) is 0 Å². The molecular formula is C19H21N3O3S. The highest BCUT2D eigenvalue weighted by Gasteiger charge is 2.20. The fraction of sp³-hybridized carbons (Fsp3) is 0.316. The molecule has 0 unspecified atom stereocenters. The largest absolute Gasteiger partial charge is 0.497 e. The Kier molecular flexibility index (Phi) is 5.08. The van der Waals surface area contributed by atoms with Crippen LogP contribution >= 0.6 is 11.3 Å². The highest BCUT2D eigenvalue weighted by Crippen LogP contribution is 2.27. The van der Waals surface area contributed by atoms with Crippen molar-refractivity contribution in [1.29, 1.82) is 0 Å². The van der Waals surface area contributed by atoms with E-state index in [1.807, 2.05) is 45.0 Å². The van der Waals surface area contributed by atoms with Gasteiger partial charge in [0.15, 0.2) is 0 Å². The summed E-state index contributed by atoms with van der Waals surface area (Å²) >= 11 is 1.32. The quantitative estimate of drug-likeness (QED) is 0.747. The van der Waals surface area contributed by atoms with E-state index in [4.69, 9.17) is 4.74 Å². The number of amides is 1. The predicted molar refractivity (Wildman–Crippen MR) is 103 cm³/mol. The van der Waals surface area contributed by atoms with Crippen LogP contribution in [0.2, 0.25) is 0 Å². The van der Waals surface area contributed by atoms with Crippen molar-refractivity contribution in [3.8, 4) is 5.75 Å². The lowest BCUT2D eigenvalue weighted by atomic mass is 10.2. The molecule has 26 heavy (non-hydrogen) atoms. The molecule has 2 heterocycles. The lowest BCUT2D eigenvalue weighted by molar-refractivity contribution is 0.0952. The second-order valence-corrected chi connectivity index (χ2v) is 7.52. The molecule has 0 aliphatic carbocycles. The van der Waals surface area contributed by atoms with E-state index >= 15 is 0 Å². The molecule has 6 nitrogen and oxygen atoms in total. The van der Waals surface area contributed by atoms with Crippen molar-refractivity contribution in [2.75, 3.05) is 7.11 Å². The van der Waals surface area contributed by atoms with Crippen LogP contribution in [0.15, 0.2) is 35.4 Å². The number of methoxy groups -OCH3 is 1. The summed E-state index contributed by atoms with van der Waals surface area (Å²) in [7, 11) is 1.61. The van der Waals surface area contributed by atoms with Crippen LogP contribution in [0.25, 0.3) is 10.2 Å². The standard InChI is InChI=1S/C19H21N3O3S/c1-11(2)22-10-21-16-15(12(3)26-17(16)19(22)24)18(23)20-9-13-5-7-14(25-4)8-6-13/h5-8,10-11H,9H2,1-4H3,(H,20,23). The highest BCUT2D eigenvalue weighted by molar-refractivity contribution is 7.19. The number of carbonyl (C=O) groups is 1. The summed E-state index contributed by atoms with van der Waals surface area (Å²) in [6, 6.07) is 7.52. The summed E-state index contributed by atoms with van der Waals surface area (Å²) in [4.78, 5) is 30.4. The molecule has 0 aliphatic heterocycles. The minimum atomic E-state index is -0.223. The SMILES string of the molecule is COc1ccc(CNC(=O)c2c(C)sc3c(=O)n(C(C)C)cnc23)cc1. The zero-order valence-electron chi connectivity index (χ0n) is 15.2. The molecule has 0 saturated carbocycles. The molecule has 0 spiro atoms. The number of thiophene rings is 1. The second kappa shape index (κ2) is 7.29. The molecule has 2 aromatic heterocycles. The van der Waals surface area contributed by atoms with Gasteiger partial charge >= 0.3 is 0 Å². The topological polar surface area (TPSA) is 73.2 Å². The lowest BCUT2D eigenvalue weighted by Crippen LogP contribution is -2.24. The van der Waals surface area contributed by atoms with Gasteiger partial charge in [-0.25, -0.2) is 4.98 Å². The lowest BCUT2D eigenvalue weighted by Gasteiger charge is -2.09. The highest BCUT2D eigenvalue weighted by atomic mass is 32.1. The third-order valence-corrected chi connectivity index (χ3v) is 5.28. The van der Waals surface area contributed by atoms with Crippen molar-refractivity contribution in [3.63, 3.8) is 0 Å². The van der Waals surface area contributed by atoms with Gasteiger partial charge < -0.3 is 10.1 Å². The van der Waals surface area contributed by atoms with Crippen LogP contribution in [0.3, 0.4) is 0 Å². The molecule has 3 rings (SSSR count). The molecular weight excluding hydrogens is 350 g/mol. The van der Waals surface area contributed by atoms with E-state index in [-0.39, 0.29) is 17.5 Å². The van der Waals surface area contributed by atoms with Gasteiger partial charge in [0, 0.05) is 17.5 Å². The van der Waals surface area contributed by atoms with E-state index in [1.54, 1.807) is 11.7 Å². The van der Waals surface area contributed by atoms with E-state index in [2.05, 4.69) is 10.3 Å². The van der Waals surface area contributed by atoms with Gasteiger partial charge in [0.25, 0.3) is 11.5 Å². The number of benzene rings is 1. The van der Waals surface area contributed by atoms with Crippen molar-refractivity contribution in [1.82, 2.24) is 14.9 Å². The third kappa shape index (κ3) is 3.35. The van der Waals surface area contributed by atoms with Gasteiger partial charge in [-0.2, -0.15) is 0 Å². The van der Waals surface area contributed by atoms with Gasteiger partial charge in [-0.1, -0.05) is 12.1 Å². The number of nitrogens with one attached hydrogen (secondary N) is 1. The number of hydrogen-bond donors (Lipinski definition) is 1. The maximum Gasteiger partial charge on any atom is 0.271 e. The Labute approximate surface area is 155 Å².